The number of hydrogen-bond acceptors (Lipinski definition) is 8. The molecule has 0 unspecified atom stereocenters. The summed E-state index contributed by atoms with van der Waals surface area (Å²) in [7, 11) is 1.52. The molecule has 1 amide bonds. The van der Waals surface area contributed by atoms with Gasteiger partial charge in [0.15, 0.2) is 11.6 Å². The first kappa shape index (κ1) is 21.4. The number of hydrogen-bond donors (Lipinski definition) is 3. The van der Waals surface area contributed by atoms with Gasteiger partial charge in [0.25, 0.3) is 5.91 Å². The van der Waals surface area contributed by atoms with Crippen LogP contribution >= 0.6 is 0 Å². The van der Waals surface area contributed by atoms with Crippen LogP contribution in [0.4, 0.5) is 17.3 Å². The van der Waals surface area contributed by atoms with Crippen molar-refractivity contribution in [3.63, 3.8) is 0 Å². The molecule has 0 atom stereocenters. The van der Waals surface area contributed by atoms with Gasteiger partial charge in [0.1, 0.15) is 17.8 Å². The van der Waals surface area contributed by atoms with Crippen LogP contribution in [0.25, 0.3) is 0 Å². The van der Waals surface area contributed by atoms with Gasteiger partial charge in [-0.15, -0.1) is 0 Å². The molecule has 1 aliphatic rings. The molecule has 3 aromatic rings. The molecule has 1 saturated heterocycles. The Morgan fingerprint density at radius 2 is 1.75 bits per heavy atom. The predicted octanol–water partition coefficient (Wildman–Crippen LogP) is 2.15. The lowest BCUT2D eigenvalue weighted by molar-refractivity contribution is 0.0959. The summed E-state index contributed by atoms with van der Waals surface area (Å²) in [6, 6.07) is 17.4. The first-order valence-corrected chi connectivity index (χ1v) is 10.5. The lowest BCUT2D eigenvalue weighted by atomic mass is 10.2. The van der Waals surface area contributed by atoms with Gasteiger partial charge in [-0.2, -0.15) is 0 Å². The second-order valence-corrected chi connectivity index (χ2v) is 7.49. The van der Waals surface area contributed by atoms with Crippen LogP contribution in [0.3, 0.4) is 0 Å². The summed E-state index contributed by atoms with van der Waals surface area (Å²) in [6.07, 6.45) is 1.44. The molecule has 0 bridgehead atoms. The van der Waals surface area contributed by atoms with Crippen LogP contribution in [-0.2, 0) is 6.54 Å². The van der Waals surface area contributed by atoms with Crippen molar-refractivity contribution in [3.05, 3.63) is 72.1 Å². The third kappa shape index (κ3) is 4.89. The molecule has 0 aliphatic carbocycles. The van der Waals surface area contributed by atoms with E-state index < -0.39 is 0 Å². The second kappa shape index (κ2) is 9.97. The topological polar surface area (TPSA) is 109 Å². The monoisotopic (exact) mass is 433 g/mol. The Bertz CT molecular complexity index is 1050. The van der Waals surface area contributed by atoms with Crippen molar-refractivity contribution in [2.24, 2.45) is 0 Å². The number of nitrogens with two attached hydrogens (primary N) is 1. The van der Waals surface area contributed by atoms with Crippen LogP contribution in [0, 0.1) is 0 Å². The van der Waals surface area contributed by atoms with Gasteiger partial charge in [-0.25, -0.2) is 9.97 Å². The number of nitrogens with zero attached hydrogens (tertiary/aromatic N) is 4. The van der Waals surface area contributed by atoms with E-state index in [4.69, 9.17) is 10.5 Å². The fraction of sp³-hybridized carbons (Fsp3) is 0.261. The number of hydrazine groups is 1. The highest BCUT2D eigenvalue weighted by molar-refractivity contribution is 5.97. The SMILES string of the molecule is COc1ccccc1C(=O)NNc1ncnc(N2CCN(Cc3ccccc3)CC2)c1N. The van der Waals surface area contributed by atoms with Crippen molar-refractivity contribution in [2.45, 2.75) is 6.54 Å². The number of ether oxygens (including phenoxy) is 1. The Morgan fingerprint density at radius 1 is 1.03 bits per heavy atom. The van der Waals surface area contributed by atoms with Gasteiger partial charge in [-0.05, 0) is 17.7 Å². The number of rotatable bonds is 7. The molecule has 4 N–H and O–H groups in total. The summed E-state index contributed by atoms with van der Waals surface area (Å²) in [4.78, 5) is 25.7. The van der Waals surface area contributed by atoms with Gasteiger partial charge in [0.2, 0.25) is 0 Å². The van der Waals surface area contributed by atoms with Crippen molar-refractivity contribution in [2.75, 3.05) is 49.3 Å². The number of carbonyl (C=O) groups excluding carboxylic acids is 1. The summed E-state index contributed by atoms with van der Waals surface area (Å²) < 4.78 is 5.24. The molecule has 32 heavy (non-hydrogen) atoms. The van der Waals surface area contributed by atoms with E-state index in [2.05, 4.69) is 54.9 Å². The predicted molar refractivity (Wildman–Crippen MR) is 124 cm³/mol. The summed E-state index contributed by atoms with van der Waals surface area (Å²) in [5, 5.41) is 0. The number of para-hydroxylation sites is 1. The molecule has 4 rings (SSSR count). The smallest absolute Gasteiger partial charge is 0.273 e. The molecule has 9 nitrogen and oxygen atoms in total. The minimum absolute atomic E-state index is 0.350. The van der Waals surface area contributed by atoms with Crippen LogP contribution in [0.1, 0.15) is 15.9 Å². The number of nitrogens with one attached hydrogen (secondary N) is 2. The highest BCUT2D eigenvalue weighted by Gasteiger charge is 2.21. The first-order chi connectivity index (χ1) is 15.7. The largest absolute Gasteiger partial charge is 0.496 e. The van der Waals surface area contributed by atoms with Gasteiger partial charge in [-0.3, -0.25) is 20.5 Å². The van der Waals surface area contributed by atoms with Crippen LogP contribution in [-0.4, -0.2) is 54.1 Å². The van der Waals surface area contributed by atoms with Crippen molar-refractivity contribution >= 4 is 23.2 Å². The third-order valence-electron chi connectivity index (χ3n) is 5.43. The maximum atomic E-state index is 12.5. The average molecular weight is 434 g/mol. The van der Waals surface area contributed by atoms with Crippen molar-refractivity contribution < 1.29 is 9.53 Å². The van der Waals surface area contributed by atoms with E-state index in [0.717, 1.165) is 32.7 Å². The van der Waals surface area contributed by atoms with Crippen molar-refractivity contribution in [3.8, 4) is 5.75 Å². The molecule has 2 aromatic carbocycles. The fourth-order valence-electron chi connectivity index (χ4n) is 3.71. The molecule has 1 fully saturated rings. The van der Waals surface area contributed by atoms with Gasteiger partial charge < -0.3 is 15.4 Å². The van der Waals surface area contributed by atoms with E-state index in [1.165, 1.54) is 19.0 Å². The Morgan fingerprint density at radius 3 is 2.50 bits per heavy atom. The van der Waals surface area contributed by atoms with E-state index >= 15 is 0 Å². The zero-order valence-corrected chi connectivity index (χ0v) is 18.0. The summed E-state index contributed by atoms with van der Waals surface area (Å²) in [5.74, 6) is 1.14. The van der Waals surface area contributed by atoms with Gasteiger partial charge in [0.05, 0.1) is 12.7 Å². The first-order valence-electron chi connectivity index (χ1n) is 10.5. The highest BCUT2D eigenvalue weighted by Crippen LogP contribution is 2.27. The molecule has 2 heterocycles. The van der Waals surface area contributed by atoms with Crippen LogP contribution in [0.5, 0.6) is 5.75 Å². The summed E-state index contributed by atoms with van der Waals surface area (Å²) in [5.41, 5.74) is 13.9. The van der Waals surface area contributed by atoms with E-state index in [1.807, 2.05) is 6.07 Å². The zero-order valence-electron chi connectivity index (χ0n) is 18.0. The normalized spacial score (nSPS) is 14.1. The zero-order chi connectivity index (χ0) is 22.3. The lowest BCUT2D eigenvalue weighted by Crippen LogP contribution is -2.46. The van der Waals surface area contributed by atoms with Crippen molar-refractivity contribution in [1.29, 1.82) is 0 Å². The molecular weight excluding hydrogens is 406 g/mol. The van der Waals surface area contributed by atoms with Crippen LogP contribution in [0.2, 0.25) is 0 Å². The minimum Gasteiger partial charge on any atom is -0.496 e. The number of amides is 1. The standard InChI is InChI=1S/C23H27N7O2/c1-32-19-10-6-5-9-18(19)23(31)28-27-21-20(24)22(26-16-25-21)30-13-11-29(12-14-30)15-17-7-3-2-4-8-17/h2-10,16H,11-15,24H2,1H3,(H,28,31)(H,25,26,27). The minimum atomic E-state index is -0.350. The molecule has 0 saturated carbocycles. The number of carbonyl (C=O) groups is 1. The average Bonchev–Trinajstić information content (AvgIpc) is 2.84. The summed E-state index contributed by atoms with van der Waals surface area (Å²) in [6.45, 7) is 4.36. The number of nitrogen functional groups attached to an aromatic ring is 1. The Balaban J connectivity index is 1.37. The molecule has 1 aliphatic heterocycles. The van der Waals surface area contributed by atoms with E-state index in [-0.39, 0.29) is 5.91 Å². The van der Waals surface area contributed by atoms with E-state index in [0.29, 0.717) is 28.6 Å². The second-order valence-electron chi connectivity index (χ2n) is 7.49. The maximum absolute atomic E-state index is 12.5. The van der Waals surface area contributed by atoms with Gasteiger partial charge in [-0.1, -0.05) is 42.5 Å². The maximum Gasteiger partial charge on any atom is 0.273 e. The highest BCUT2D eigenvalue weighted by atomic mass is 16.5. The molecular formula is C23H27N7O2. The Hall–Kier alpha value is -3.85. The van der Waals surface area contributed by atoms with E-state index in [9.17, 15) is 4.79 Å². The quantitative estimate of drug-likeness (QED) is 0.487. The number of anilines is 3. The third-order valence-corrected chi connectivity index (χ3v) is 5.43. The van der Waals surface area contributed by atoms with E-state index in [1.54, 1.807) is 24.3 Å². The van der Waals surface area contributed by atoms with Crippen LogP contribution < -0.4 is 26.2 Å². The fourth-order valence-corrected chi connectivity index (χ4v) is 3.71. The molecule has 0 spiro atoms. The van der Waals surface area contributed by atoms with Crippen LogP contribution in [0.15, 0.2) is 60.9 Å². The number of aromatic nitrogens is 2. The number of benzene rings is 2. The molecule has 166 valence electrons. The molecule has 1 aromatic heterocycles. The van der Waals surface area contributed by atoms with Gasteiger partial charge in [0, 0.05) is 32.7 Å². The van der Waals surface area contributed by atoms with Crippen molar-refractivity contribution in [1.82, 2.24) is 20.3 Å². The molecule has 9 heteroatoms. The summed E-state index contributed by atoms with van der Waals surface area (Å²) >= 11 is 0. The molecule has 0 radical (unpaired) electrons. The number of piperazine rings is 1. The Kier molecular flexibility index (Phi) is 6.66. The van der Waals surface area contributed by atoms with Gasteiger partial charge >= 0.3 is 0 Å². The lowest BCUT2D eigenvalue weighted by Gasteiger charge is -2.36. The Labute approximate surface area is 187 Å². The number of methoxy groups -OCH3 is 1.